The van der Waals surface area contributed by atoms with Crippen molar-refractivity contribution in [1.29, 1.82) is 0 Å². The highest BCUT2D eigenvalue weighted by Crippen LogP contribution is 2.19. The van der Waals surface area contributed by atoms with Crippen molar-refractivity contribution in [2.45, 2.75) is 32.0 Å². The molecular formula is C14H15ClFN3. The third-order valence-electron chi connectivity index (χ3n) is 3.19. The molecule has 0 saturated heterocycles. The highest BCUT2D eigenvalue weighted by Gasteiger charge is 2.20. The van der Waals surface area contributed by atoms with E-state index in [1.165, 1.54) is 24.5 Å². The van der Waals surface area contributed by atoms with Crippen molar-refractivity contribution in [2.75, 3.05) is 0 Å². The monoisotopic (exact) mass is 279 g/mol. The van der Waals surface area contributed by atoms with Crippen molar-refractivity contribution >= 4 is 11.6 Å². The zero-order valence-electron chi connectivity index (χ0n) is 10.4. The molecule has 1 aliphatic carbocycles. The summed E-state index contributed by atoms with van der Waals surface area (Å²) < 4.78 is 14.9. The van der Waals surface area contributed by atoms with E-state index in [1.54, 1.807) is 12.1 Å². The predicted molar refractivity (Wildman–Crippen MR) is 72.6 cm³/mol. The molecule has 0 bridgehead atoms. The van der Waals surface area contributed by atoms with Gasteiger partial charge in [-0.15, -0.1) is 0 Å². The van der Waals surface area contributed by atoms with Gasteiger partial charge in [-0.2, -0.15) is 5.10 Å². The van der Waals surface area contributed by atoms with Gasteiger partial charge >= 0.3 is 0 Å². The van der Waals surface area contributed by atoms with E-state index >= 15 is 0 Å². The number of hydrogen-bond donors (Lipinski definition) is 1. The van der Waals surface area contributed by atoms with Gasteiger partial charge in [-0.3, -0.25) is 4.68 Å². The van der Waals surface area contributed by atoms with Gasteiger partial charge in [-0.25, -0.2) is 4.39 Å². The van der Waals surface area contributed by atoms with E-state index in [2.05, 4.69) is 10.4 Å². The number of hydrogen-bond acceptors (Lipinski definition) is 2. The highest BCUT2D eigenvalue weighted by molar-refractivity contribution is 6.30. The maximum Gasteiger partial charge on any atom is 0.141 e. The van der Waals surface area contributed by atoms with Gasteiger partial charge < -0.3 is 5.32 Å². The Kier molecular flexibility index (Phi) is 3.53. The maximum atomic E-state index is 13.1. The van der Waals surface area contributed by atoms with Crippen molar-refractivity contribution in [2.24, 2.45) is 0 Å². The molecule has 1 aromatic carbocycles. The topological polar surface area (TPSA) is 29.9 Å². The number of halogens is 2. The smallest absolute Gasteiger partial charge is 0.141 e. The fraction of sp³-hybridized carbons (Fsp3) is 0.357. The second-order valence-corrected chi connectivity index (χ2v) is 5.36. The first kappa shape index (κ1) is 12.6. The average Bonchev–Trinajstić information content (AvgIpc) is 3.12. The number of nitrogens with one attached hydrogen (secondary N) is 1. The molecule has 0 unspecified atom stereocenters. The molecule has 0 amide bonds. The van der Waals surface area contributed by atoms with Gasteiger partial charge in [0.2, 0.25) is 0 Å². The van der Waals surface area contributed by atoms with Crippen molar-refractivity contribution in [3.8, 4) is 0 Å². The molecular weight excluding hydrogens is 265 g/mol. The van der Waals surface area contributed by atoms with Crippen LogP contribution in [0, 0.1) is 5.82 Å². The van der Waals surface area contributed by atoms with Gasteiger partial charge in [-0.1, -0.05) is 17.7 Å². The van der Waals surface area contributed by atoms with Gasteiger partial charge in [0.1, 0.15) is 5.82 Å². The third-order valence-corrected chi connectivity index (χ3v) is 3.48. The zero-order valence-corrected chi connectivity index (χ0v) is 11.2. The van der Waals surface area contributed by atoms with Crippen LogP contribution in [0.15, 0.2) is 30.6 Å². The Bertz CT molecular complexity index is 578. The molecule has 0 radical (unpaired) electrons. The first-order valence-corrected chi connectivity index (χ1v) is 6.77. The van der Waals surface area contributed by atoms with Crippen LogP contribution in [-0.4, -0.2) is 15.8 Å². The molecule has 0 atom stereocenters. The normalized spacial score (nSPS) is 14.8. The predicted octanol–water partition coefficient (Wildman–Crippen LogP) is 2.98. The summed E-state index contributed by atoms with van der Waals surface area (Å²) in [6.07, 6.45) is 6.43. The second kappa shape index (κ2) is 5.31. The van der Waals surface area contributed by atoms with E-state index in [9.17, 15) is 4.39 Å². The number of aromatic nitrogens is 2. The summed E-state index contributed by atoms with van der Waals surface area (Å²) in [5.41, 5.74) is 2.11. The lowest BCUT2D eigenvalue weighted by Gasteiger charge is -2.03. The van der Waals surface area contributed by atoms with Gasteiger partial charge in [0, 0.05) is 24.3 Å². The molecule has 100 valence electrons. The van der Waals surface area contributed by atoms with Crippen LogP contribution < -0.4 is 5.32 Å². The van der Waals surface area contributed by atoms with E-state index in [4.69, 9.17) is 11.6 Å². The van der Waals surface area contributed by atoms with Crippen molar-refractivity contribution < 1.29 is 4.39 Å². The molecule has 1 aliphatic rings. The fourth-order valence-electron chi connectivity index (χ4n) is 1.96. The van der Waals surface area contributed by atoms with Crippen molar-refractivity contribution in [3.05, 3.63) is 52.6 Å². The Hall–Kier alpha value is -1.39. The Balaban J connectivity index is 1.63. The molecule has 1 heterocycles. The average molecular weight is 280 g/mol. The molecule has 3 rings (SSSR count). The zero-order chi connectivity index (χ0) is 13.2. The minimum Gasteiger partial charge on any atom is -0.310 e. The van der Waals surface area contributed by atoms with Crippen LogP contribution >= 0.6 is 11.6 Å². The Morgan fingerprint density at radius 2 is 2.21 bits per heavy atom. The molecule has 2 aromatic rings. The fourth-order valence-corrected chi connectivity index (χ4v) is 2.16. The third kappa shape index (κ3) is 3.33. The van der Waals surface area contributed by atoms with Crippen LogP contribution in [-0.2, 0) is 13.1 Å². The lowest BCUT2D eigenvalue weighted by molar-refractivity contribution is 0.624. The van der Waals surface area contributed by atoms with E-state index in [1.807, 2.05) is 17.1 Å². The Labute approximate surface area is 116 Å². The van der Waals surface area contributed by atoms with E-state index in [-0.39, 0.29) is 10.8 Å². The second-order valence-electron chi connectivity index (χ2n) is 4.95. The van der Waals surface area contributed by atoms with E-state index in [0.717, 1.165) is 12.1 Å². The maximum absolute atomic E-state index is 13.1. The Morgan fingerprint density at radius 3 is 2.95 bits per heavy atom. The largest absolute Gasteiger partial charge is 0.310 e. The molecule has 19 heavy (non-hydrogen) atoms. The molecule has 1 aromatic heterocycles. The first-order valence-electron chi connectivity index (χ1n) is 6.39. The van der Waals surface area contributed by atoms with Gasteiger partial charge in [0.15, 0.2) is 0 Å². The van der Waals surface area contributed by atoms with Crippen LogP contribution in [0.25, 0.3) is 0 Å². The minimum atomic E-state index is -0.389. The SMILES string of the molecule is Fc1ccc(Cn2cc(CNC3CC3)cn2)cc1Cl. The molecule has 0 aliphatic heterocycles. The number of nitrogens with zero attached hydrogens (tertiary/aromatic N) is 2. The summed E-state index contributed by atoms with van der Waals surface area (Å²) in [6, 6.07) is 5.45. The lowest BCUT2D eigenvalue weighted by Crippen LogP contribution is -2.14. The summed E-state index contributed by atoms with van der Waals surface area (Å²) in [4.78, 5) is 0. The molecule has 0 spiro atoms. The highest BCUT2D eigenvalue weighted by atomic mass is 35.5. The van der Waals surface area contributed by atoms with Crippen LogP contribution in [0.1, 0.15) is 24.0 Å². The van der Waals surface area contributed by atoms with Crippen molar-refractivity contribution in [3.63, 3.8) is 0 Å². The van der Waals surface area contributed by atoms with E-state index in [0.29, 0.717) is 12.6 Å². The summed E-state index contributed by atoms with van der Waals surface area (Å²) in [7, 11) is 0. The van der Waals surface area contributed by atoms with Gasteiger partial charge in [0.25, 0.3) is 0 Å². The van der Waals surface area contributed by atoms with Crippen LogP contribution in [0.5, 0.6) is 0 Å². The molecule has 5 heteroatoms. The summed E-state index contributed by atoms with van der Waals surface area (Å²) in [5, 5.41) is 7.90. The molecule has 1 fully saturated rings. The Morgan fingerprint density at radius 1 is 1.37 bits per heavy atom. The quantitative estimate of drug-likeness (QED) is 0.912. The van der Waals surface area contributed by atoms with Gasteiger partial charge in [-0.05, 0) is 30.5 Å². The first-order chi connectivity index (χ1) is 9.20. The standard InChI is InChI=1S/C14H15ClFN3/c15-13-5-10(1-4-14(13)16)8-19-9-11(7-18-19)6-17-12-2-3-12/h1,4-5,7,9,12,17H,2-3,6,8H2. The van der Waals surface area contributed by atoms with Crippen molar-refractivity contribution in [1.82, 2.24) is 15.1 Å². The van der Waals surface area contributed by atoms with Gasteiger partial charge in [0.05, 0.1) is 17.8 Å². The molecule has 1 N–H and O–H groups in total. The van der Waals surface area contributed by atoms with Crippen LogP contribution in [0.2, 0.25) is 5.02 Å². The van der Waals surface area contributed by atoms with E-state index < -0.39 is 0 Å². The molecule has 1 saturated carbocycles. The summed E-state index contributed by atoms with van der Waals surface area (Å²) in [5.74, 6) is -0.389. The van der Waals surface area contributed by atoms with Crippen LogP contribution in [0.4, 0.5) is 4.39 Å². The lowest BCUT2D eigenvalue weighted by atomic mass is 10.2. The summed E-state index contributed by atoms with van der Waals surface area (Å²) in [6.45, 7) is 1.46. The van der Waals surface area contributed by atoms with Crippen LogP contribution in [0.3, 0.4) is 0 Å². The minimum absolute atomic E-state index is 0.153. The number of benzene rings is 1. The summed E-state index contributed by atoms with van der Waals surface area (Å²) >= 11 is 5.76. The number of rotatable bonds is 5. The molecule has 3 nitrogen and oxygen atoms in total.